The lowest BCUT2D eigenvalue weighted by Crippen LogP contribution is -2.15. The summed E-state index contributed by atoms with van der Waals surface area (Å²) in [5, 5.41) is 11.2. The van der Waals surface area contributed by atoms with Gasteiger partial charge in [0.25, 0.3) is 0 Å². The first kappa shape index (κ1) is 11.8. The molecule has 1 heterocycles. The molecule has 0 bridgehead atoms. The zero-order valence-electron chi connectivity index (χ0n) is 9.49. The first-order chi connectivity index (χ1) is 8.74. The van der Waals surface area contributed by atoms with Crippen molar-refractivity contribution in [2.75, 3.05) is 0 Å². The molecule has 1 aromatic heterocycles. The second-order valence-electron chi connectivity index (χ2n) is 4.26. The Labute approximate surface area is 112 Å². The lowest BCUT2D eigenvalue weighted by atomic mass is 10.2. The van der Waals surface area contributed by atoms with Crippen molar-refractivity contribution in [3.8, 4) is 11.5 Å². The van der Waals surface area contributed by atoms with Crippen molar-refractivity contribution in [2.24, 2.45) is 0 Å². The van der Waals surface area contributed by atoms with E-state index < -0.39 is 0 Å². The highest BCUT2D eigenvalue weighted by Gasteiger charge is 2.21. The van der Waals surface area contributed by atoms with Crippen molar-refractivity contribution in [2.45, 2.75) is 25.4 Å². The lowest BCUT2D eigenvalue weighted by Gasteiger charge is -2.00. The van der Waals surface area contributed by atoms with Crippen LogP contribution in [0.4, 0.5) is 4.39 Å². The predicted molar refractivity (Wildman–Crippen MR) is 67.3 cm³/mol. The minimum absolute atomic E-state index is 0.328. The normalized spacial score (nSPS) is 15.0. The molecule has 1 fully saturated rings. The molecule has 0 amide bonds. The van der Waals surface area contributed by atoms with Gasteiger partial charge in [0, 0.05) is 6.04 Å². The van der Waals surface area contributed by atoms with E-state index in [0.717, 1.165) is 0 Å². The highest BCUT2D eigenvalue weighted by Crippen LogP contribution is 2.29. The average molecular weight is 312 g/mol. The fourth-order valence-corrected chi connectivity index (χ4v) is 2.06. The monoisotopic (exact) mass is 311 g/mol. The van der Waals surface area contributed by atoms with Gasteiger partial charge in [-0.25, -0.2) is 4.39 Å². The van der Waals surface area contributed by atoms with Crippen LogP contribution >= 0.6 is 15.9 Å². The number of benzene rings is 1. The summed E-state index contributed by atoms with van der Waals surface area (Å²) in [6, 6.07) is 5.31. The van der Waals surface area contributed by atoms with Gasteiger partial charge < -0.3 is 9.73 Å². The highest BCUT2D eigenvalue weighted by molar-refractivity contribution is 9.10. The average Bonchev–Trinajstić information content (AvgIpc) is 3.08. The molecule has 1 aliphatic rings. The summed E-state index contributed by atoms with van der Waals surface area (Å²) in [6.45, 7) is 0.560. The molecular weight excluding hydrogens is 301 g/mol. The Kier molecular flexibility index (Phi) is 3.13. The minimum atomic E-state index is -0.344. The van der Waals surface area contributed by atoms with Crippen molar-refractivity contribution < 1.29 is 8.81 Å². The zero-order valence-corrected chi connectivity index (χ0v) is 11.1. The molecule has 0 saturated heterocycles. The van der Waals surface area contributed by atoms with E-state index in [2.05, 4.69) is 31.4 Å². The first-order valence-corrected chi connectivity index (χ1v) is 6.53. The Morgan fingerprint density at radius 1 is 1.39 bits per heavy atom. The number of nitrogens with one attached hydrogen (secondary N) is 1. The molecule has 1 aromatic carbocycles. The van der Waals surface area contributed by atoms with Crippen molar-refractivity contribution >= 4 is 15.9 Å². The van der Waals surface area contributed by atoms with E-state index in [1.54, 1.807) is 12.1 Å². The van der Waals surface area contributed by atoms with Gasteiger partial charge >= 0.3 is 0 Å². The van der Waals surface area contributed by atoms with Crippen LogP contribution in [0.25, 0.3) is 11.5 Å². The zero-order chi connectivity index (χ0) is 12.5. The van der Waals surface area contributed by atoms with Crippen LogP contribution in [-0.4, -0.2) is 16.2 Å². The molecule has 1 aliphatic carbocycles. The maximum absolute atomic E-state index is 13.4. The van der Waals surface area contributed by atoms with Gasteiger partial charge in [-0.3, -0.25) is 0 Å². The molecule has 6 heteroatoms. The molecule has 1 N–H and O–H groups in total. The third kappa shape index (κ3) is 2.44. The number of nitrogens with zero attached hydrogens (tertiary/aromatic N) is 2. The molecule has 0 spiro atoms. The summed E-state index contributed by atoms with van der Waals surface area (Å²) in [7, 11) is 0. The Hall–Kier alpha value is -1.27. The van der Waals surface area contributed by atoms with Crippen LogP contribution in [0.2, 0.25) is 0 Å². The van der Waals surface area contributed by atoms with E-state index in [-0.39, 0.29) is 5.82 Å². The van der Waals surface area contributed by atoms with E-state index in [0.29, 0.717) is 34.4 Å². The third-order valence-corrected chi connectivity index (χ3v) is 3.57. The van der Waals surface area contributed by atoms with Crippen LogP contribution < -0.4 is 5.32 Å². The van der Waals surface area contributed by atoms with E-state index >= 15 is 0 Å². The van der Waals surface area contributed by atoms with E-state index in [1.807, 2.05) is 0 Å². The van der Waals surface area contributed by atoms with Gasteiger partial charge in [-0.1, -0.05) is 6.07 Å². The third-order valence-electron chi connectivity index (χ3n) is 2.77. The number of hydrogen-bond acceptors (Lipinski definition) is 4. The van der Waals surface area contributed by atoms with Gasteiger partial charge in [0.05, 0.1) is 16.6 Å². The summed E-state index contributed by atoms with van der Waals surface area (Å²) >= 11 is 3.18. The fraction of sp³-hybridized carbons (Fsp3) is 0.333. The Bertz CT molecular complexity index is 568. The fourth-order valence-electron chi connectivity index (χ4n) is 1.62. The van der Waals surface area contributed by atoms with E-state index in [4.69, 9.17) is 4.42 Å². The second-order valence-corrected chi connectivity index (χ2v) is 5.05. The summed E-state index contributed by atoms with van der Waals surface area (Å²) in [5.74, 6) is 0.505. The molecular formula is C12H11BrFN3O. The van der Waals surface area contributed by atoms with Gasteiger partial charge in [0.1, 0.15) is 5.82 Å². The van der Waals surface area contributed by atoms with Crippen LogP contribution in [-0.2, 0) is 6.54 Å². The number of rotatable bonds is 4. The molecule has 18 heavy (non-hydrogen) atoms. The molecule has 94 valence electrons. The van der Waals surface area contributed by atoms with Crippen LogP contribution in [0.15, 0.2) is 27.1 Å². The number of aromatic nitrogens is 2. The van der Waals surface area contributed by atoms with Crippen molar-refractivity contribution in [1.82, 2.24) is 15.5 Å². The summed E-state index contributed by atoms with van der Waals surface area (Å²) < 4.78 is 19.2. The number of hydrogen-bond donors (Lipinski definition) is 1. The van der Waals surface area contributed by atoms with Gasteiger partial charge in [0.2, 0.25) is 11.8 Å². The first-order valence-electron chi connectivity index (χ1n) is 5.74. The second kappa shape index (κ2) is 4.78. The maximum Gasteiger partial charge on any atom is 0.249 e. The van der Waals surface area contributed by atoms with Crippen molar-refractivity contribution in [3.05, 3.63) is 34.4 Å². The summed E-state index contributed by atoms with van der Waals surface area (Å²) in [4.78, 5) is 0. The van der Waals surface area contributed by atoms with E-state index in [1.165, 1.54) is 18.9 Å². The standard InChI is InChI=1S/C12H11BrFN3O/c13-11-8(2-1-3-9(11)14)12-17-16-10(18-12)6-15-7-4-5-7/h1-3,7,15H,4-6H2. The quantitative estimate of drug-likeness (QED) is 0.943. The highest BCUT2D eigenvalue weighted by atomic mass is 79.9. The van der Waals surface area contributed by atoms with Gasteiger partial charge in [-0.2, -0.15) is 0 Å². The van der Waals surface area contributed by atoms with E-state index in [9.17, 15) is 4.39 Å². The largest absolute Gasteiger partial charge is 0.419 e. The van der Waals surface area contributed by atoms with Gasteiger partial charge in [-0.15, -0.1) is 10.2 Å². The maximum atomic E-state index is 13.4. The molecule has 3 rings (SSSR count). The molecule has 0 radical (unpaired) electrons. The molecule has 0 unspecified atom stereocenters. The molecule has 4 nitrogen and oxygen atoms in total. The Balaban J connectivity index is 1.80. The van der Waals surface area contributed by atoms with Crippen molar-refractivity contribution in [1.29, 1.82) is 0 Å². The van der Waals surface area contributed by atoms with Crippen LogP contribution in [0.1, 0.15) is 18.7 Å². The molecule has 0 aliphatic heterocycles. The van der Waals surface area contributed by atoms with Crippen LogP contribution in [0.3, 0.4) is 0 Å². The SMILES string of the molecule is Fc1cccc(-c2nnc(CNC3CC3)o2)c1Br. The topological polar surface area (TPSA) is 51.0 Å². The lowest BCUT2D eigenvalue weighted by molar-refractivity contribution is 0.476. The van der Waals surface area contributed by atoms with Gasteiger partial charge in [-0.05, 0) is 40.9 Å². The van der Waals surface area contributed by atoms with Gasteiger partial charge in [0.15, 0.2) is 0 Å². The molecule has 1 saturated carbocycles. The van der Waals surface area contributed by atoms with Crippen LogP contribution in [0, 0.1) is 5.82 Å². The summed E-state index contributed by atoms with van der Waals surface area (Å²) in [6.07, 6.45) is 2.41. The number of halogens is 2. The Morgan fingerprint density at radius 2 is 2.22 bits per heavy atom. The summed E-state index contributed by atoms with van der Waals surface area (Å²) in [5.41, 5.74) is 0.570. The smallest absolute Gasteiger partial charge is 0.249 e. The molecule has 0 atom stereocenters. The Morgan fingerprint density at radius 3 is 3.00 bits per heavy atom. The van der Waals surface area contributed by atoms with Crippen molar-refractivity contribution in [3.63, 3.8) is 0 Å². The predicted octanol–water partition coefficient (Wildman–Crippen LogP) is 2.89. The van der Waals surface area contributed by atoms with Crippen LogP contribution in [0.5, 0.6) is 0 Å². The molecule has 2 aromatic rings. The minimum Gasteiger partial charge on any atom is -0.419 e.